The van der Waals surface area contributed by atoms with Gasteiger partial charge in [-0.1, -0.05) is 50.6 Å². The first-order chi connectivity index (χ1) is 10.8. The molecular formula is C21H30OS. The largest absolute Gasteiger partial charge is 0.392 e. The molecule has 0 amide bonds. The third-order valence-electron chi connectivity index (χ3n) is 5.96. The Morgan fingerprint density at radius 1 is 1.09 bits per heavy atom. The number of hydrogen-bond donors (Lipinski definition) is 1. The minimum Gasteiger partial charge on any atom is -0.392 e. The number of hydrogen-bond acceptors (Lipinski definition) is 2. The minimum atomic E-state index is -0.189. The van der Waals surface area contributed by atoms with Gasteiger partial charge in [0.05, 0.1) is 6.10 Å². The van der Waals surface area contributed by atoms with Crippen LogP contribution in [0.2, 0.25) is 0 Å². The van der Waals surface area contributed by atoms with Gasteiger partial charge in [-0.2, -0.15) is 0 Å². The maximum Gasteiger partial charge on any atom is 0.0610 e. The second kappa shape index (κ2) is 6.29. The Kier molecular flexibility index (Phi) is 4.68. The Bertz CT molecular complexity index is 577. The number of allylic oxidation sites excluding steroid dienone is 1. The van der Waals surface area contributed by atoms with E-state index in [-0.39, 0.29) is 11.5 Å². The Hall–Kier alpha value is -0.730. The van der Waals surface area contributed by atoms with Crippen LogP contribution in [0, 0.1) is 16.7 Å². The molecule has 0 heterocycles. The van der Waals surface area contributed by atoms with E-state index in [1.807, 2.05) is 11.8 Å². The van der Waals surface area contributed by atoms with Gasteiger partial charge in [-0.15, -0.1) is 11.8 Å². The summed E-state index contributed by atoms with van der Waals surface area (Å²) in [6.45, 7) is 9.30. The van der Waals surface area contributed by atoms with E-state index in [0.29, 0.717) is 16.6 Å². The number of rotatable bonds is 2. The van der Waals surface area contributed by atoms with Crippen LogP contribution < -0.4 is 0 Å². The summed E-state index contributed by atoms with van der Waals surface area (Å²) in [4.78, 5) is 1.30. The number of aliphatic hydroxyl groups excluding tert-OH is 1. The van der Waals surface area contributed by atoms with Gasteiger partial charge in [-0.25, -0.2) is 0 Å². The maximum atomic E-state index is 10.9. The Morgan fingerprint density at radius 3 is 2.48 bits per heavy atom. The fourth-order valence-electron chi connectivity index (χ4n) is 3.97. The highest BCUT2D eigenvalue weighted by Crippen LogP contribution is 2.61. The SMILES string of the molecule is CC1=CCC(C)(C)CC2CC2(C)C(O)CC1Sc1ccccc1. The van der Waals surface area contributed by atoms with E-state index >= 15 is 0 Å². The van der Waals surface area contributed by atoms with Gasteiger partial charge in [0.2, 0.25) is 0 Å². The highest BCUT2D eigenvalue weighted by molar-refractivity contribution is 8.00. The molecule has 0 bridgehead atoms. The summed E-state index contributed by atoms with van der Waals surface area (Å²) in [6, 6.07) is 10.6. The van der Waals surface area contributed by atoms with Crippen molar-refractivity contribution in [2.24, 2.45) is 16.7 Å². The van der Waals surface area contributed by atoms with E-state index in [4.69, 9.17) is 0 Å². The smallest absolute Gasteiger partial charge is 0.0610 e. The van der Waals surface area contributed by atoms with E-state index in [2.05, 4.69) is 64.1 Å². The number of thioether (sulfide) groups is 1. The molecule has 1 fully saturated rings. The third kappa shape index (κ3) is 3.85. The molecule has 0 aromatic heterocycles. The predicted molar refractivity (Wildman–Crippen MR) is 99.7 cm³/mol. The van der Waals surface area contributed by atoms with E-state index in [1.165, 1.54) is 23.3 Å². The van der Waals surface area contributed by atoms with Crippen molar-refractivity contribution < 1.29 is 5.11 Å². The van der Waals surface area contributed by atoms with Gasteiger partial charge in [0, 0.05) is 10.1 Å². The van der Waals surface area contributed by atoms with Gasteiger partial charge >= 0.3 is 0 Å². The quantitative estimate of drug-likeness (QED) is 0.703. The molecule has 2 aliphatic carbocycles. The number of fused-ring (bicyclic) bond motifs is 1. The predicted octanol–water partition coefficient (Wildman–Crippen LogP) is 5.69. The fraction of sp³-hybridized carbons (Fsp3) is 0.619. The lowest BCUT2D eigenvalue weighted by Gasteiger charge is -2.31. The summed E-state index contributed by atoms with van der Waals surface area (Å²) >= 11 is 1.91. The van der Waals surface area contributed by atoms with Crippen LogP contribution in [0.4, 0.5) is 0 Å². The zero-order chi connectivity index (χ0) is 16.7. The van der Waals surface area contributed by atoms with E-state index < -0.39 is 0 Å². The van der Waals surface area contributed by atoms with Gasteiger partial charge in [0.25, 0.3) is 0 Å². The van der Waals surface area contributed by atoms with Crippen LogP contribution in [0.3, 0.4) is 0 Å². The first kappa shape index (κ1) is 17.1. The second-order valence-corrected chi connectivity index (χ2v) is 9.87. The molecule has 1 nitrogen and oxygen atoms in total. The van der Waals surface area contributed by atoms with Gasteiger partial charge in [-0.05, 0) is 61.5 Å². The molecule has 1 aromatic rings. The monoisotopic (exact) mass is 330 g/mol. The molecule has 4 unspecified atom stereocenters. The van der Waals surface area contributed by atoms with E-state index in [1.54, 1.807) is 0 Å². The van der Waals surface area contributed by atoms with Crippen molar-refractivity contribution in [2.75, 3.05) is 0 Å². The highest BCUT2D eigenvalue weighted by Gasteiger charge is 2.56. The molecule has 1 aromatic carbocycles. The molecule has 3 rings (SSSR count). The van der Waals surface area contributed by atoms with Gasteiger partial charge in [0.15, 0.2) is 0 Å². The van der Waals surface area contributed by atoms with Crippen molar-refractivity contribution in [3.8, 4) is 0 Å². The van der Waals surface area contributed by atoms with Gasteiger partial charge in [0.1, 0.15) is 0 Å². The molecule has 1 N–H and O–H groups in total. The van der Waals surface area contributed by atoms with Gasteiger partial charge in [-0.3, -0.25) is 0 Å². The van der Waals surface area contributed by atoms with Crippen molar-refractivity contribution in [3.63, 3.8) is 0 Å². The fourth-order valence-corrected chi connectivity index (χ4v) is 5.17. The standard InChI is InChI=1S/C21H30OS/c1-15-10-11-20(2,3)13-16-14-21(16,4)19(22)12-18(15)23-17-8-6-5-7-9-17/h5-10,16,18-19,22H,11-14H2,1-4H3. The summed E-state index contributed by atoms with van der Waals surface area (Å²) in [6.07, 6.45) is 6.69. The topological polar surface area (TPSA) is 20.2 Å². The van der Waals surface area contributed by atoms with Crippen LogP contribution in [0.15, 0.2) is 46.9 Å². The number of aliphatic hydroxyl groups is 1. The number of benzene rings is 1. The lowest BCUT2D eigenvalue weighted by atomic mass is 9.79. The molecular weight excluding hydrogens is 300 g/mol. The van der Waals surface area contributed by atoms with Crippen molar-refractivity contribution in [2.45, 2.75) is 69.6 Å². The van der Waals surface area contributed by atoms with Crippen molar-refractivity contribution in [1.29, 1.82) is 0 Å². The van der Waals surface area contributed by atoms with Crippen molar-refractivity contribution >= 4 is 11.8 Å². The molecule has 0 radical (unpaired) electrons. The summed E-state index contributed by atoms with van der Waals surface area (Å²) < 4.78 is 0. The molecule has 0 aliphatic heterocycles. The Morgan fingerprint density at radius 2 is 1.78 bits per heavy atom. The van der Waals surface area contributed by atoms with Crippen LogP contribution in [0.1, 0.15) is 53.4 Å². The van der Waals surface area contributed by atoms with E-state index in [9.17, 15) is 5.11 Å². The average Bonchev–Trinajstić information content (AvgIpc) is 3.15. The lowest BCUT2D eigenvalue weighted by molar-refractivity contribution is 0.0798. The zero-order valence-corrected chi connectivity index (χ0v) is 15.7. The maximum absolute atomic E-state index is 10.9. The summed E-state index contributed by atoms with van der Waals surface area (Å²) in [5, 5.41) is 11.3. The van der Waals surface area contributed by atoms with Crippen molar-refractivity contribution in [3.05, 3.63) is 42.0 Å². The lowest BCUT2D eigenvalue weighted by Crippen LogP contribution is -2.28. The van der Waals surface area contributed by atoms with Crippen molar-refractivity contribution in [1.82, 2.24) is 0 Å². The summed E-state index contributed by atoms with van der Waals surface area (Å²) in [7, 11) is 0. The van der Waals surface area contributed by atoms with Gasteiger partial charge < -0.3 is 5.11 Å². The third-order valence-corrected chi connectivity index (χ3v) is 7.36. The molecule has 4 atom stereocenters. The zero-order valence-electron chi connectivity index (χ0n) is 14.9. The Labute approximate surface area is 145 Å². The normalized spacial score (nSPS) is 36.7. The van der Waals surface area contributed by atoms with Crippen LogP contribution in [-0.2, 0) is 0 Å². The minimum absolute atomic E-state index is 0.143. The van der Waals surface area contributed by atoms with Crippen LogP contribution >= 0.6 is 11.8 Å². The van der Waals surface area contributed by atoms with Crippen LogP contribution in [0.5, 0.6) is 0 Å². The summed E-state index contributed by atoms with van der Waals surface area (Å²) in [5.41, 5.74) is 1.90. The molecule has 23 heavy (non-hydrogen) atoms. The highest BCUT2D eigenvalue weighted by atomic mass is 32.2. The van der Waals surface area contributed by atoms with Crippen LogP contribution in [0.25, 0.3) is 0 Å². The molecule has 1 saturated carbocycles. The summed E-state index contributed by atoms with van der Waals surface area (Å²) in [5.74, 6) is 0.696. The molecule has 0 saturated heterocycles. The first-order valence-electron chi connectivity index (χ1n) is 8.87. The average molecular weight is 331 g/mol. The molecule has 126 valence electrons. The molecule has 0 spiro atoms. The first-order valence-corrected chi connectivity index (χ1v) is 9.74. The molecule has 2 heteroatoms. The second-order valence-electron chi connectivity index (χ2n) is 8.60. The Balaban J connectivity index is 1.84. The molecule has 2 aliphatic rings. The van der Waals surface area contributed by atoms with Crippen LogP contribution in [-0.4, -0.2) is 16.5 Å². The van der Waals surface area contributed by atoms with E-state index in [0.717, 1.165) is 12.8 Å².